The van der Waals surface area contributed by atoms with Crippen molar-refractivity contribution in [3.63, 3.8) is 0 Å². The van der Waals surface area contributed by atoms with Crippen LogP contribution in [0.3, 0.4) is 0 Å². The number of ether oxygens (including phenoxy) is 2. The van der Waals surface area contributed by atoms with Crippen molar-refractivity contribution >= 4 is 68.2 Å². The summed E-state index contributed by atoms with van der Waals surface area (Å²) in [5, 5.41) is 7.34. The number of benzene rings is 1. The SMILES string of the molecule is C=CC1CC1(NC(=O)C1CC(OC(=O)Nc2ccccc2I)CN1C(=O)C(NC(=O)OC(C)(C)C)C(C)(C)C)C(=O)NS(=O)(=O)C1CC1. The Hall–Kier alpha value is -3.41. The molecule has 5 amide bonds. The van der Waals surface area contributed by atoms with Crippen molar-refractivity contribution < 1.29 is 41.9 Å². The molecule has 264 valence electrons. The lowest BCUT2D eigenvalue weighted by Gasteiger charge is -2.36. The Morgan fingerprint density at radius 2 is 1.71 bits per heavy atom. The van der Waals surface area contributed by atoms with Crippen molar-refractivity contribution in [2.45, 2.75) is 102 Å². The summed E-state index contributed by atoms with van der Waals surface area (Å²) in [6.45, 7) is 13.8. The molecule has 0 bridgehead atoms. The summed E-state index contributed by atoms with van der Waals surface area (Å²) in [7, 11) is -3.91. The number of sulfonamides is 1. The van der Waals surface area contributed by atoms with E-state index >= 15 is 0 Å². The van der Waals surface area contributed by atoms with Crippen LogP contribution in [0, 0.1) is 14.9 Å². The first-order chi connectivity index (χ1) is 22.2. The van der Waals surface area contributed by atoms with Gasteiger partial charge in [0.25, 0.3) is 5.91 Å². The molecule has 1 heterocycles. The number of alkyl carbamates (subject to hydrolysis) is 1. The van der Waals surface area contributed by atoms with E-state index in [9.17, 15) is 32.4 Å². The number of nitrogens with zero attached hydrogens (tertiary/aromatic N) is 1. The van der Waals surface area contributed by atoms with E-state index in [0.29, 0.717) is 18.5 Å². The molecule has 5 unspecified atom stereocenters. The van der Waals surface area contributed by atoms with Crippen LogP contribution in [0.4, 0.5) is 15.3 Å². The van der Waals surface area contributed by atoms with Crippen molar-refractivity contribution in [2.24, 2.45) is 11.3 Å². The van der Waals surface area contributed by atoms with Crippen molar-refractivity contribution in [3.8, 4) is 0 Å². The summed E-state index contributed by atoms with van der Waals surface area (Å²) < 4.78 is 39.1. The van der Waals surface area contributed by atoms with Gasteiger partial charge in [0.2, 0.25) is 21.8 Å². The second-order valence-electron chi connectivity index (χ2n) is 14.5. The quantitative estimate of drug-likeness (QED) is 0.203. The summed E-state index contributed by atoms with van der Waals surface area (Å²) in [5.74, 6) is -2.82. The first-order valence-electron chi connectivity index (χ1n) is 15.7. The van der Waals surface area contributed by atoms with Crippen LogP contribution in [0.15, 0.2) is 36.9 Å². The Morgan fingerprint density at radius 1 is 1.06 bits per heavy atom. The maximum atomic E-state index is 14.2. The zero-order valence-electron chi connectivity index (χ0n) is 27.9. The maximum absolute atomic E-state index is 14.2. The topological polar surface area (TPSA) is 189 Å². The first kappa shape index (κ1) is 37.4. The van der Waals surface area contributed by atoms with Gasteiger partial charge in [0, 0.05) is 15.9 Å². The zero-order chi connectivity index (χ0) is 35.8. The van der Waals surface area contributed by atoms with E-state index in [-0.39, 0.29) is 19.4 Å². The number of amides is 5. The van der Waals surface area contributed by atoms with Crippen LogP contribution in [-0.4, -0.2) is 84.3 Å². The van der Waals surface area contributed by atoms with Crippen LogP contribution in [0.1, 0.15) is 67.2 Å². The van der Waals surface area contributed by atoms with E-state index in [2.05, 4.69) is 49.8 Å². The fourth-order valence-electron chi connectivity index (χ4n) is 5.49. The van der Waals surface area contributed by atoms with Crippen LogP contribution < -0.4 is 20.7 Å². The van der Waals surface area contributed by atoms with Crippen LogP contribution in [-0.2, 0) is 33.9 Å². The molecule has 3 aliphatic rings. The fourth-order valence-corrected chi connectivity index (χ4v) is 7.37. The minimum absolute atomic E-state index is 0.109. The molecule has 1 aromatic carbocycles. The highest BCUT2D eigenvalue weighted by Crippen LogP contribution is 2.45. The smallest absolute Gasteiger partial charge is 0.411 e. The third kappa shape index (κ3) is 8.98. The van der Waals surface area contributed by atoms with Crippen LogP contribution in [0.5, 0.6) is 0 Å². The van der Waals surface area contributed by atoms with Gasteiger partial charge in [0.05, 0.1) is 17.5 Å². The average molecular weight is 802 g/mol. The third-order valence-corrected chi connectivity index (χ3v) is 11.0. The molecule has 1 saturated heterocycles. The Bertz CT molecular complexity index is 1580. The number of carbonyl (C=O) groups is 5. The molecule has 16 heteroatoms. The highest BCUT2D eigenvalue weighted by atomic mass is 127. The molecule has 2 saturated carbocycles. The van der Waals surface area contributed by atoms with Gasteiger partial charge in [-0.3, -0.25) is 24.4 Å². The van der Waals surface area contributed by atoms with Gasteiger partial charge in [-0.2, -0.15) is 0 Å². The van der Waals surface area contributed by atoms with E-state index in [4.69, 9.17) is 9.47 Å². The molecular formula is C32H44IN5O9S. The Morgan fingerprint density at radius 3 is 2.25 bits per heavy atom. The number of rotatable bonds is 10. The Labute approximate surface area is 294 Å². The average Bonchev–Trinajstić information content (AvgIpc) is 3.88. The number of hydrogen-bond acceptors (Lipinski definition) is 9. The van der Waals surface area contributed by atoms with Gasteiger partial charge >= 0.3 is 12.2 Å². The van der Waals surface area contributed by atoms with Crippen LogP contribution >= 0.6 is 22.6 Å². The summed E-state index contributed by atoms with van der Waals surface area (Å²) >= 11 is 2.06. The Kier molecular flexibility index (Phi) is 10.8. The zero-order valence-corrected chi connectivity index (χ0v) is 30.9. The predicted molar refractivity (Wildman–Crippen MR) is 185 cm³/mol. The minimum atomic E-state index is -3.91. The van der Waals surface area contributed by atoms with Crippen molar-refractivity contribution in [1.29, 1.82) is 0 Å². The number of para-hydroxylation sites is 1. The Balaban J connectivity index is 1.59. The lowest BCUT2D eigenvalue weighted by molar-refractivity contribution is -0.143. The maximum Gasteiger partial charge on any atom is 0.411 e. The van der Waals surface area contributed by atoms with Crippen LogP contribution in [0.25, 0.3) is 0 Å². The summed E-state index contributed by atoms with van der Waals surface area (Å²) in [4.78, 5) is 68.5. The van der Waals surface area contributed by atoms with Gasteiger partial charge in [-0.15, -0.1) is 6.58 Å². The standard InChI is InChI=1S/C32H44IN5O9S/c1-8-18-16-32(18,27(41)37-48(44,45)20-13-14-20)36-25(39)23-15-19(46-28(42)34-22-12-10-9-11-21(22)33)17-38(23)26(40)24(30(2,3)4)35-29(43)47-31(5,6)7/h8-12,18-20,23-24H,1,13-17H2,2-7H3,(H,34,42)(H,35,43)(H,36,39)(H,37,41). The first-order valence-corrected chi connectivity index (χ1v) is 18.3. The second-order valence-corrected chi connectivity index (χ2v) is 17.6. The summed E-state index contributed by atoms with van der Waals surface area (Å²) in [5.41, 5.74) is -2.77. The molecule has 0 aromatic heterocycles. The van der Waals surface area contributed by atoms with Gasteiger partial charge in [-0.25, -0.2) is 18.0 Å². The lowest BCUT2D eigenvalue weighted by atomic mass is 9.85. The highest BCUT2D eigenvalue weighted by molar-refractivity contribution is 14.1. The van der Waals surface area contributed by atoms with Gasteiger partial charge in [-0.1, -0.05) is 39.0 Å². The van der Waals surface area contributed by atoms with Gasteiger partial charge < -0.3 is 25.0 Å². The number of halogens is 1. The molecule has 5 atom stereocenters. The monoisotopic (exact) mass is 801 g/mol. The van der Waals surface area contributed by atoms with Crippen LogP contribution in [0.2, 0.25) is 0 Å². The molecule has 4 rings (SSSR count). The largest absolute Gasteiger partial charge is 0.444 e. The molecule has 0 radical (unpaired) electrons. The fraction of sp³-hybridized carbons (Fsp3) is 0.594. The predicted octanol–water partition coefficient (Wildman–Crippen LogP) is 3.42. The van der Waals surface area contributed by atoms with E-state index < -0.39 is 85.8 Å². The number of hydrogen-bond donors (Lipinski definition) is 4. The summed E-state index contributed by atoms with van der Waals surface area (Å²) in [6.07, 6.45) is -0.250. The van der Waals surface area contributed by atoms with E-state index in [0.717, 1.165) is 3.57 Å². The number of likely N-dealkylation sites (tertiary alicyclic amines) is 1. The third-order valence-electron chi connectivity index (χ3n) is 8.26. The normalized spacial score (nSPS) is 24.5. The van der Waals surface area contributed by atoms with Gasteiger partial charge in [0.15, 0.2) is 0 Å². The van der Waals surface area contributed by atoms with Crippen molar-refractivity contribution in [1.82, 2.24) is 20.3 Å². The van der Waals surface area contributed by atoms with E-state index in [1.807, 2.05) is 6.07 Å². The van der Waals surface area contributed by atoms with Crippen molar-refractivity contribution in [3.05, 3.63) is 40.5 Å². The molecule has 4 N–H and O–H groups in total. The molecule has 2 aliphatic carbocycles. The number of nitrogens with one attached hydrogen (secondary N) is 4. The van der Waals surface area contributed by atoms with Crippen molar-refractivity contribution in [2.75, 3.05) is 11.9 Å². The van der Waals surface area contributed by atoms with Gasteiger partial charge in [0.1, 0.15) is 29.3 Å². The summed E-state index contributed by atoms with van der Waals surface area (Å²) in [6, 6.07) is 4.64. The molecule has 3 fully saturated rings. The van der Waals surface area contributed by atoms with E-state index in [1.165, 1.54) is 11.0 Å². The lowest BCUT2D eigenvalue weighted by Crippen LogP contribution is -2.60. The molecular weight excluding hydrogens is 757 g/mol. The number of carbonyl (C=O) groups excluding carboxylic acids is 5. The molecule has 1 aromatic rings. The molecule has 1 aliphatic heterocycles. The van der Waals surface area contributed by atoms with E-state index in [1.54, 1.807) is 59.7 Å². The second kappa shape index (κ2) is 13.8. The minimum Gasteiger partial charge on any atom is -0.444 e. The molecule has 0 spiro atoms. The highest BCUT2D eigenvalue weighted by Gasteiger charge is 2.62. The van der Waals surface area contributed by atoms with Gasteiger partial charge in [-0.05, 0) is 80.2 Å². The number of anilines is 1. The molecule has 14 nitrogen and oxygen atoms in total. The molecule has 48 heavy (non-hydrogen) atoms.